The van der Waals surface area contributed by atoms with Gasteiger partial charge in [-0.3, -0.25) is 24.6 Å². The summed E-state index contributed by atoms with van der Waals surface area (Å²) in [6.45, 7) is 3.92. The maximum Gasteiger partial charge on any atom is 0.313 e. The fraction of sp³-hybridized carbons (Fsp3) is 0.400. The predicted molar refractivity (Wildman–Crippen MR) is 112 cm³/mol. The van der Waals surface area contributed by atoms with Crippen LogP contribution in [0.1, 0.15) is 11.7 Å². The lowest BCUT2D eigenvalue weighted by Crippen LogP contribution is -2.49. The van der Waals surface area contributed by atoms with Crippen LogP contribution in [0.5, 0.6) is 0 Å². The van der Waals surface area contributed by atoms with Crippen LogP contribution < -0.4 is 10.6 Å². The quantitative estimate of drug-likeness (QED) is 0.414. The summed E-state index contributed by atoms with van der Waals surface area (Å²) in [6.07, 6.45) is 1.96. The fourth-order valence-corrected chi connectivity index (χ4v) is 3.50. The molecule has 3 rings (SSSR count). The highest BCUT2D eigenvalue weighted by molar-refractivity contribution is 6.39. The molecule has 1 aliphatic heterocycles. The van der Waals surface area contributed by atoms with Crippen LogP contribution in [-0.2, 0) is 16.6 Å². The summed E-state index contributed by atoms with van der Waals surface area (Å²) in [7, 11) is 4.04. The molecular weight excluding hydrogens is 388 g/mol. The van der Waals surface area contributed by atoms with E-state index in [9.17, 15) is 19.7 Å². The topological polar surface area (TPSA) is 113 Å². The zero-order valence-electron chi connectivity index (χ0n) is 17.1. The zero-order valence-corrected chi connectivity index (χ0v) is 17.1. The molecule has 0 saturated carbocycles. The van der Waals surface area contributed by atoms with Gasteiger partial charge in [0.1, 0.15) is 0 Å². The number of rotatable bonds is 6. The van der Waals surface area contributed by atoms with Crippen LogP contribution in [0, 0.1) is 10.1 Å². The fourth-order valence-electron chi connectivity index (χ4n) is 3.50. The van der Waals surface area contributed by atoms with Gasteiger partial charge < -0.3 is 20.1 Å². The number of carbonyl (C=O) groups excluding carboxylic acids is 2. The third-order valence-corrected chi connectivity index (χ3v) is 5.30. The van der Waals surface area contributed by atoms with Crippen LogP contribution in [0.3, 0.4) is 0 Å². The van der Waals surface area contributed by atoms with Gasteiger partial charge >= 0.3 is 11.8 Å². The minimum absolute atomic E-state index is 0.0465. The molecule has 1 atom stereocenters. The molecule has 0 radical (unpaired) electrons. The number of hydrogen-bond donors (Lipinski definition) is 2. The average molecular weight is 414 g/mol. The molecule has 1 saturated heterocycles. The number of piperazine rings is 1. The van der Waals surface area contributed by atoms with Crippen molar-refractivity contribution in [3.63, 3.8) is 0 Å². The van der Waals surface area contributed by atoms with Gasteiger partial charge in [-0.2, -0.15) is 0 Å². The number of anilines is 1. The highest BCUT2D eigenvalue weighted by Crippen LogP contribution is 2.22. The van der Waals surface area contributed by atoms with Crippen molar-refractivity contribution in [2.75, 3.05) is 45.1 Å². The number of nitro benzene ring substituents is 1. The van der Waals surface area contributed by atoms with Crippen LogP contribution >= 0.6 is 0 Å². The van der Waals surface area contributed by atoms with Crippen molar-refractivity contribution >= 4 is 23.2 Å². The Morgan fingerprint density at radius 1 is 1.07 bits per heavy atom. The number of nitrogens with zero attached hydrogens (tertiary/aromatic N) is 4. The molecule has 1 aliphatic rings. The van der Waals surface area contributed by atoms with Crippen molar-refractivity contribution in [1.82, 2.24) is 19.7 Å². The van der Waals surface area contributed by atoms with Crippen molar-refractivity contribution in [3.05, 3.63) is 58.4 Å². The van der Waals surface area contributed by atoms with Crippen molar-refractivity contribution < 1.29 is 14.5 Å². The highest BCUT2D eigenvalue weighted by Gasteiger charge is 2.27. The van der Waals surface area contributed by atoms with Gasteiger partial charge in [-0.15, -0.1) is 0 Å². The standard InChI is InChI=1S/C20H26N6O4/c1-23-10-12-25(13-11-23)18(17-4-3-9-24(17)2)14-21-19(27)20(28)22-15-5-7-16(8-6-15)26(29)30/h3-9,18H,10-14H2,1-2H3,(H,21,27)(H,22,28). The molecule has 0 spiro atoms. The molecule has 160 valence electrons. The zero-order chi connectivity index (χ0) is 21.7. The summed E-state index contributed by atoms with van der Waals surface area (Å²) in [5, 5.41) is 15.9. The number of hydrogen-bond acceptors (Lipinski definition) is 6. The Labute approximate surface area is 174 Å². The Hall–Kier alpha value is -3.24. The molecule has 10 heteroatoms. The Morgan fingerprint density at radius 2 is 1.73 bits per heavy atom. The van der Waals surface area contributed by atoms with Gasteiger partial charge in [-0.05, 0) is 31.3 Å². The molecule has 10 nitrogen and oxygen atoms in total. The van der Waals surface area contributed by atoms with Crippen molar-refractivity contribution in [2.45, 2.75) is 6.04 Å². The Morgan fingerprint density at radius 3 is 2.30 bits per heavy atom. The molecule has 2 amide bonds. The first-order chi connectivity index (χ1) is 14.3. The SMILES string of the molecule is CN1CCN(C(CNC(=O)C(=O)Nc2ccc([N+](=O)[O-])cc2)c2cccn2C)CC1. The lowest BCUT2D eigenvalue weighted by molar-refractivity contribution is -0.384. The van der Waals surface area contributed by atoms with Gasteiger partial charge in [0.25, 0.3) is 5.69 Å². The van der Waals surface area contributed by atoms with E-state index in [1.807, 2.05) is 29.9 Å². The molecule has 30 heavy (non-hydrogen) atoms. The molecule has 2 aromatic rings. The number of carbonyl (C=O) groups is 2. The van der Waals surface area contributed by atoms with E-state index in [4.69, 9.17) is 0 Å². The van der Waals surface area contributed by atoms with E-state index in [0.717, 1.165) is 31.9 Å². The molecule has 2 N–H and O–H groups in total. The van der Waals surface area contributed by atoms with Crippen LogP contribution in [0.4, 0.5) is 11.4 Å². The van der Waals surface area contributed by atoms with Crippen LogP contribution in [-0.4, -0.2) is 70.9 Å². The number of nitrogens with one attached hydrogen (secondary N) is 2. The second-order valence-corrected chi connectivity index (χ2v) is 7.37. The Kier molecular flexibility index (Phi) is 6.80. The molecule has 0 bridgehead atoms. The maximum absolute atomic E-state index is 12.4. The maximum atomic E-state index is 12.4. The minimum Gasteiger partial charge on any atom is -0.353 e. The largest absolute Gasteiger partial charge is 0.353 e. The third kappa shape index (κ3) is 5.22. The molecule has 0 aliphatic carbocycles. The van der Waals surface area contributed by atoms with Gasteiger partial charge in [0.2, 0.25) is 0 Å². The van der Waals surface area contributed by atoms with E-state index in [1.54, 1.807) is 0 Å². The minimum atomic E-state index is -0.812. The van der Waals surface area contributed by atoms with E-state index in [-0.39, 0.29) is 11.7 Å². The smallest absolute Gasteiger partial charge is 0.313 e. The van der Waals surface area contributed by atoms with Crippen molar-refractivity contribution in [3.8, 4) is 0 Å². The average Bonchev–Trinajstić information content (AvgIpc) is 3.15. The normalized spacial score (nSPS) is 16.1. The first kappa shape index (κ1) is 21.5. The second-order valence-electron chi connectivity index (χ2n) is 7.37. The van der Waals surface area contributed by atoms with E-state index in [0.29, 0.717) is 12.2 Å². The summed E-state index contributed by atoms with van der Waals surface area (Å²) in [4.78, 5) is 39.3. The van der Waals surface area contributed by atoms with E-state index < -0.39 is 16.7 Å². The van der Waals surface area contributed by atoms with E-state index in [2.05, 4.69) is 27.5 Å². The van der Waals surface area contributed by atoms with Crippen molar-refractivity contribution in [2.24, 2.45) is 7.05 Å². The number of non-ortho nitro benzene ring substituents is 1. The summed E-state index contributed by atoms with van der Waals surface area (Å²) in [5.74, 6) is -1.56. The number of aryl methyl sites for hydroxylation is 1. The molecule has 1 aromatic carbocycles. The number of amides is 2. The first-order valence-electron chi connectivity index (χ1n) is 9.72. The van der Waals surface area contributed by atoms with Gasteiger partial charge in [0, 0.05) is 69.5 Å². The van der Waals surface area contributed by atoms with Crippen molar-refractivity contribution in [1.29, 1.82) is 0 Å². The number of likely N-dealkylation sites (N-methyl/N-ethyl adjacent to an activating group) is 1. The van der Waals surface area contributed by atoms with Crippen LogP contribution in [0.25, 0.3) is 0 Å². The number of nitro groups is 1. The molecular formula is C20H26N6O4. The Bertz CT molecular complexity index is 902. The highest BCUT2D eigenvalue weighted by atomic mass is 16.6. The summed E-state index contributed by atoms with van der Waals surface area (Å²) in [5.41, 5.74) is 1.30. The molecule has 1 aromatic heterocycles. The lowest BCUT2D eigenvalue weighted by Gasteiger charge is -2.38. The second kappa shape index (κ2) is 9.51. The van der Waals surface area contributed by atoms with Crippen LogP contribution in [0.2, 0.25) is 0 Å². The lowest BCUT2D eigenvalue weighted by atomic mass is 10.1. The number of benzene rings is 1. The molecule has 2 heterocycles. The van der Waals surface area contributed by atoms with E-state index >= 15 is 0 Å². The van der Waals surface area contributed by atoms with Gasteiger partial charge in [-0.25, -0.2) is 0 Å². The van der Waals surface area contributed by atoms with Gasteiger partial charge in [0.15, 0.2) is 0 Å². The van der Waals surface area contributed by atoms with Crippen LogP contribution in [0.15, 0.2) is 42.6 Å². The molecule has 1 fully saturated rings. The van der Waals surface area contributed by atoms with Gasteiger partial charge in [-0.1, -0.05) is 0 Å². The Balaban J connectivity index is 1.61. The monoisotopic (exact) mass is 414 g/mol. The van der Waals surface area contributed by atoms with E-state index in [1.165, 1.54) is 24.3 Å². The first-order valence-corrected chi connectivity index (χ1v) is 9.72. The predicted octanol–water partition coefficient (Wildman–Crippen LogP) is 0.977. The summed E-state index contributed by atoms with van der Waals surface area (Å²) < 4.78 is 2.02. The van der Waals surface area contributed by atoms with Gasteiger partial charge in [0.05, 0.1) is 11.0 Å². The number of aromatic nitrogens is 1. The summed E-state index contributed by atoms with van der Waals surface area (Å²) in [6, 6.07) is 9.25. The summed E-state index contributed by atoms with van der Waals surface area (Å²) >= 11 is 0. The molecule has 1 unspecified atom stereocenters. The third-order valence-electron chi connectivity index (χ3n) is 5.30.